The quantitative estimate of drug-likeness (QED) is 0.499. The molecule has 1 aliphatic rings. The Morgan fingerprint density at radius 2 is 2.03 bits per heavy atom. The number of hydrogen-bond acceptors (Lipinski definition) is 5. The predicted octanol–water partition coefficient (Wildman–Crippen LogP) is 3.80. The average molecular weight is 421 g/mol. The molecule has 1 aromatic carbocycles. The van der Waals surface area contributed by atoms with Crippen LogP contribution in [0.1, 0.15) is 34.8 Å². The van der Waals surface area contributed by atoms with E-state index in [0.29, 0.717) is 17.8 Å². The molecule has 8 nitrogen and oxygen atoms in total. The number of hydrogen-bond donors (Lipinski definition) is 1. The van der Waals surface area contributed by atoms with Crippen LogP contribution < -0.4 is 5.32 Å². The minimum Gasteiger partial charge on any atom is -0.306 e. The van der Waals surface area contributed by atoms with Gasteiger partial charge in [-0.25, -0.2) is 19.3 Å². The summed E-state index contributed by atoms with van der Waals surface area (Å²) in [4.78, 5) is 21.4. The number of imidazole rings is 1. The molecule has 0 radical (unpaired) electrons. The first-order valence-corrected chi connectivity index (χ1v) is 10.1. The number of pyridine rings is 1. The molecule has 5 rings (SSSR count). The van der Waals surface area contributed by atoms with E-state index in [9.17, 15) is 4.79 Å². The number of aromatic nitrogens is 4. The number of benzene rings is 1. The summed E-state index contributed by atoms with van der Waals surface area (Å²) in [6, 6.07) is 12.7. The molecule has 3 aromatic heterocycles. The first kappa shape index (κ1) is 19.5. The van der Waals surface area contributed by atoms with Crippen molar-refractivity contribution in [3.8, 4) is 11.8 Å². The number of aryl methyl sites for hydroxylation is 1. The normalized spacial score (nSPS) is 14.9. The van der Waals surface area contributed by atoms with Crippen LogP contribution >= 0.6 is 0 Å². The molecule has 2 amide bonds. The van der Waals surface area contributed by atoms with Crippen LogP contribution in [0.5, 0.6) is 0 Å². The Hall–Kier alpha value is -4.51. The summed E-state index contributed by atoms with van der Waals surface area (Å²) in [7, 11) is 0. The first-order valence-electron chi connectivity index (χ1n) is 10.1. The fourth-order valence-corrected chi connectivity index (χ4v) is 3.52. The lowest BCUT2D eigenvalue weighted by molar-refractivity contribution is 0.200. The molecule has 1 unspecified atom stereocenters. The van der Waals surface area contributed by atoms with Gasteiger partial charge in [0.2, 0.25) is 0 Å². The number of anilines is 1. The van der Waals surface area contributed by atoms with Crippen LogP contribution in [0.3, 0.4) is 0 Å². The van der Waals surface area contributed by atoms with Gasteiger partial charge in [0.1, 0.15) is 5.69 Å². The number of nitrogens with zero attached hydrogens (tertiary/aromatic N) is 6. The molecule has 156 valence electrons. The Labute approximate surface area is 184 Å². The molecule has 4 aromatic rings. The predicted molar refractivity (Wildman–Crippen MR) is 121 cm³/mol. The van der Waals surface area contributed by atoms with Crippen molar-refractivity contribution in [1.82, 2.24) is 24.6 Å². The zero-order valence-electron chi connectivity index (χ0n) is 17.3. The van der Waals surface area contributed by atoms with Gasteiger partial charge in [0.25, 0.3) is 0 Å². The number of fused-ring (bicyclic) bond motifs is 1. The van der Waals surface area contributed by atoms with Gasteiger partial charge in [-0.2, -0.15) is 10.2 Å². The smallest absolute Gasteiger partial charge is 0.306 e. The summed E-state index contributed by atoms with van der Waals surface area (Å²) in [5.41, 5.74) is 4.83. The molecule has 0 saturated heterocycles. The minimum atomic E-state index is -0.304. The SMILES string of the molecule is Cc1ccc(NC(=O)N2N=CCC2c2cccnc2)cc1C#Cc1cnc2cccnn12. The van der Waals surface area contributed by atoms with Crippen LogP contribution in [0.15, 0.2) is 72.4 Å². The second kappa shape index (κ2) is 8.32. The van der Waals surface area contributed by atoms with E-state index in [-0.39, 0.29) is 12.1 Å². The summed E-state index contributed by atoms with van der Waals surface area (Å²) >= 11 is 0. The highest BCUT2D eigenvalue weighted by Gasteiger charge is 2.28. The Morgan fingerprint density at radius 3 is 2.91 bits per heavy atom. The van der Waals surface area contributed by atoms with Gasteiger partial charge in [0.15, 0.2) is 5.65 Å². The summed E-state index contributed by atoms with van der Waals surface area (Å²) in [6.45, 7) is 1.98. The lowest BCUT2D eigenvalue weighted by atomic mass is 10.1. The van der Waals surface area contributed by atoms with Gasteiger partial charge < -0.3 is 5.32 Å². The molecule has 0 fully saturated rings. The number of nitrogens with one attached hydrogen (secondary N) is 1. The maximum Gasteiger partial charge on any atom is 0.342 e. The van der Waals surface area contributed by atoms with Gasteiger partial charge in [-0.05, 0) is 54.3 Å². The van der Waals surface area contributed by atoms with Crippen molar-refractivity contribution in [2.24, 2.45) is 5.10 Å². The minimum absolute atomic E-state index is 0.170. The molecule has 32 heavy (non-hydrogen) atoms. The number of rotatable bonds is 2. The van der Waals surface area contributed by atoms with Crippen molar-refractivity contribution in [2.75, 3.05) is 5.32 Å². The van der Waals surface area contributed by atoms with E-state index in [4.69, 9.17) is 0 Å². The lowest BCUT2D eigenvalue weighted by Gasteiger charge is -2.22. The van der Waals surface area contributed by atoms with Gasteiger partial charge in [0.05, 0.1) is 12.2 Å². The molecule has 1 aliphatic heterocycles. The van der Waals surface area contributed by atoms with Crippen molar-refractivity contribution in [1.29, 1.82) is 0 Å². The van der Waals surface area contributed by atoms with Gasteiger partial charge in [-0.1, -0.05) is 18.1 Å². The van der Waals surface area contributed by atoms with Crippen LogP contribution in [0.2, 0.25) is 0 Å². The third-order valence-corrected chi connectivity index (χ3v) is 5.20. The summed E-state index contributed by atoms with van der Waals surface area (Å²) in [6.07, 6.45) is 9.25. The molecule has 1 N–H and O–H groups in total. The zero-order valence-corrected chi connectivity index (χ0v) is 17.3. The molecule has 0 saturated carbocycles. The van der Waals surface area contributed by atoms with E-state index in [1.54, 1.807) is 35.5 Å². The van der Waals surface area contributed by atoms with Crippen LogP contribution in [0.4, 0.5) is 10.5 Å². The summed E-state index contributed by atoms with van der Waals surface area (Å²) in [5.74, 6) is 6.30. The fraction of sp³-hybridized carbons (Fsp3) is 0.125. The molecular weight excluding hydrogens is 402 g/mol. The van der Waals surface area contributed by atoms with Gasteiger partial charge in [-0.3, -0.25) is 4.98 Å². The topological polar surface area (TPSA) is 87.8 Å². The van der Waals surface area contributed by atoms with E-state index >= 15 is 0 Å². The van der Waals surface area contributed by atoms with Gasteiger partial charge in [-0.15, -0.1) is 0 Å². The van der Waals surface area contributed by atoms with E-state index < -0.39 is 0 Å². The maximum atomic E-state index is 12.9. The molecular formula is C24H19N7O. The zero-order chi connectivity index (χ0) is 21.9. The Morgan fingerprint density at radius 1 is 1.12 bits per heavy atom. The summed E-state index contributed by atoms with van der Waals surface area (Å²) in [5, 5.41) is 12.9. The third-order valence-electron chi connectivity index (χ3n) is 5.20. The molecule has 8 heteroatoms. The second-order valence-corrected chi connectivity index (χ2v) is 7.33. The first-order chi connectivity index (χ1) is 15.7. The van der Waals surface area contributed by atoms with E-state index in [1.165, 1.54) is 5.01 Å². The van der Waals surface area contributed by atoms with E-state index in [0.717, 1.165) is 22.3 Å². The monoisotopic (exact) mass is 421 g/mol. The molecule has 0 bridgehead atoms. The lowest BCUT2D eigenvalue weighted by Crippen LogP contribution is -2.31. The van der Waals surface area contributed by atoms with E-state index in [1.807, 2.05) is 49.4 Å². The van der Waals surface area contributed by atoms with Crippen molar-refractivity contribution in [3.63, 3.8) is 0 Å². The molecule has 4 heterocycles. The fourth-order valence-electron chi connectivity index (χ4n) is 3.52. The van der Waals surface area contributed by atoms with Crippen molar-refractivity contribution < 1.29 is 4.79 Å². The second-order valence-electron chi connectivity index (χ2n) is 7.33. The number of urea groups is 1. The number of carbonyl (C=O) groups is 1. The van der Waals surface area contributed by atoms with Crippen LogP contribution in [-0.2, 0) is 0 Å². The van der Waals surface area contributed by atoms with Crippen molar-refractivity contribution in [2.45, 2.75) is 19.4 Å². The maximum absolute atomic E-state index is 12.9. The summed E-state index contributed by atoms with van der Waals surface area (Å²) < 4.78 is 1.69. The molecule has 0 aliphatic carbocycles. The standard InChI is InChI=1S/C24H19N7O/c1-17-6-8-20(14-18(17)7-9-21-16-26-23-5-3-12-27-30(21)23)29-24(32)31-22(10-13-28-31)19-4-2-11-25-15-19/h2-6,8,11-16,22H,10H2,1H3,(H,29,32). The molecule has 1 atom stereocenters. The number of amides is 2. The third kappa shape index (κ3) is 3.79. The van der Waals surface area contributed by atoms with Crippen LogP contribution in [0.25, 0.3) is 5.65 Å². The largest absolute Gasteiger partial charge is 0.342 e. The Bertz CT molecular complexity index is 1380. The number of hydrazone groups is 1. The Kier molecular flexibility index (Phi) is 5.06. The van der Waals surface area contributed by atoms with Crippen molar-refractivity contribution in [3.05, 3.63) is 89.6 Å². The van der Waals surface area contributed by atoms with Gasteiger partial charge >= 0.3 is 6.03 Å². The Balaban J connectivity index is 1.36. The number of carbonyl (C=O) groups excluding carboxylic acids is 1. The van der Waals surface area contributed by atoms with Gasteiger partial charge in [0, 0.05) is 42.5 Å². The molecule has 0 spiro atoms. The highest BCUT2D eigenvalue weighted by molar-refractivity contribution is 5.91. The average Bonchev–Trinajstić information content (AvgIpc) is 3.47. The highest BCUT2D eigenvalue weighted by atomic mass is 16.2. The van der Waals surface area contributed by atoms with E-state index in [2.05, 4.69) is 37.3 Å². The van der Waals surface area contributed by atoms with Crippen LogP contribution in [-0.4, -0.2) is 36.8 Å². The van der Waals surface area contributed by atoms with Crippen LogP contribution in [0, 0.1) is 18.8 Å². The van der Waals surface area contributed by atoms with Crippen molar-refractivity contribution >= 4 is 23.6 Å². The highest BCUT2D eigenvalue weighted by Crippen LogP contribution is 2.28.